The lowest BCUT2D eigenvalue weighted by Crippen LogP contribution is -2.11. The van der Waals surface area contributed by atoms with Crippen molar-refractivity contribution in [1.29, 1.82) is 0 Å². The highest BCUT2D eigenvalue weighted by molar-refractivity contribution is 7.13. The Bertz CT molecular complexity index is 599. The molecule has 0 radical (unpaired) electrons. The van der Waals surface area contributed by atoms with E-state index in [4.69, 9.17) is 4.74 Å². The number of rotatable bonds is 6. The zero-order chi connectivity index (χ0) is 16.2. The van der Waals surface area contributed by atoms with Crippen molar-refractivity contribution in [3.8, 4) is 5.75 Å². The summed E-state index contributed by atoms with van der Waals surface area (Å²) in [6, 6.07) is 8.04. The number of hydrogen-bond donors (Lipinski definition) is 1. The van der Waals surface area contributed by atoms with Gasteiger partial charge in [-0.15, -0.1) is 11.3 Å². The third kappa shape index (κ3) is 4.73. The van der Waals surface area contributed by atoms with Crippen molar-refractivity contribution in [2.75, 3.05) is 11.9 Å². The normalized spacial score (nSPS) is 11.7. The van der Waals surface area contributed by atoms with Gasteiger partial charge in [0.2, 0.25) is 0 Å². The fourth-order valence-corrected chi connectivity index (χ4v) is 2.84. The van der Waals surface area contributed by atoms with E-state index >= 15 is 0 Å². The molecule has 0 aliphatic rings. The summed E-state index contributed by atoms with van der Waals surface area (Å²) in [5.74, 6) is 1.53. The second-order valence-electron chi connectivity index (χ2n) is 6.94. The van der Waals surface area contributed by atoms with Crippen LogP contribution in [0.4, 0.5) is 10.8 Å². The summed E-state index contributed by atoms with van der Waals surface area (Å²) in [7, 11) is 0. The van der Waals surface area contributed by atoms with E-state index in [9.17, 15) is 0 Å². The Balaban J connectivity index is 2.07. The van der Waals surface area contributed by atoms with Crippen LogP contribution in [0.5, 0.6) is 5.75 Å². The van der Waals surface area contributed by atoms with Crippen LogP contribution in [0.15, 0.2) is 29.6 Å². The minimum Gasteiger partial charge on any atom is -0.491 e. The Kier molecular flexibility index (Phi) is 5.46. The zero-order valence-corrected chi connectivity index (χ0v) is 15.0. The predicted molar refractivity (Wildman–Crippen MR) is 95.5 cm³/mol. The molecule has 1 aromatic heterocycles. The first kappa shape index (κ1) is 16.8. The van der Waals surface area contributed by atoms with Gasteiger partial charge >= 0.3 is 0 Å². The smallest absolute Gasteiger partial charge is 0.187 e. The van der Waals surface area contributed by atoms with E-state index in [1.54, 1.807) is 11.3 Å². The fraction of sp³-hybridized carbons (Fsp3) is 0.500. The molecule has 2 aromatic rings. The van der Waals surface area contributed by atoms with Crippen LogP contribution in [0.3, 0.4) is 0 Å². The quantitative estimate of drug-likeness (QED) is 0.751. The van der Waals surface area contributed by atoms with Crippen molar-refractivity contribution >= 4 is 22.2 Å². The average Bonchev–Trinajstić information content (AvgIpc) is 2.89. The van der Waals surface area contributed by atoms with Crippen LogP contribution in [-0.2, 0) is 5.41 Å². The molecule has 120 valence electrons. The first-order valence-corrected chi connectivity index (χ1v) is 8.69. The molecule has 0 fully saturated rings. The molecular weight excluding hydrogens is 292 g/mol. The maximum absolute atomic E-state index is 5.91. The summed E-state index contributed by atoms with van der Waals surface area (Å²) in [6.45, 7) is 11.7. The number of nitrogens with zero attached hydrogens (tertiary/aromatic N) is 1. The molecule has 22 heavy (non-hydrogen) atoms. The molecule has 0 unspecified atom stereocenters. The van der Waals surface area contributed by atoms with Gasteiger partial charge in [0.15, 0.2) is 5.13 Å². The van der Waals surface area contributed by atoms with Gasteiger partial charge in [0.1, 0.15) is 5.75 Å². The van der Waals surface area contributed by atoms with Gasteiger partial charge in [-0.3, -0.25) is 0 Å². The average molecular weight is 318 g/mol. The first-order chi connectivity index (χ1) is 10.4. The van der Waals surface area contributed by atoms with E-state index in [1.807, 2.05) is 24.3 Å². The Hall–Kier alpha value is -1.55. The standard InChI is InChI=1S/C18H26N2OS/c1-13(2)10-11-21-15-9-7-6-8-14(15)19-17-20-16(12-22-17)18(3,4)5/h6-9,12-13H,10-11H2,1-5H3,(H,19,20). The maximum Gasteiger partial charge on any atom is 0.187 e. The third-order valence-corrected chi connectivity index (χ3v) is 4.11. The SMILES string of the molecule is CC(C)CCOc1ccccc1Nc1nc(C(C)(C)C)cs1. The number of nitrogens with one attached hydrogen (secondary N) is 1. The van der Waals surface area contributed by atoms with Crippen LogP contribution < -0.4 is 10.1 Å². The van der Waals surface area contributed by atoms with Crippen LogP contribution in [0.1, 0.15) is 46.7 Å². The predicted octanol–water partition coefficient (Wildman–Crippen LogP) is 5.61. The maximum atomic E-state index is 5.91. The lowest BCUT2D eigenvalue weighted by molar-refractivity contribution is 0.291. The fourth-order valence-electron chi connectivity index (χ4n) is 1.89. The van der Waals surface area contributed by atoms with Gasteiger partial charge < -0.3 is 10.1 Å². The van der Waals surface area contributed by atoms with Gasteiger partial charge in [0, 0.05) is 10.8 Å². The minimum absolute atomic E-state index is 0.0731. The topological polar surface area (TPSA) is 34.1 Å². The summed E-state index contributed by atoms with van der Waals surface area (Å²) in [6.07, 6.45) is 1.06. The van der Waals surface area contributed by atoms with E-state index in [-0.39, 0.29) is 5.41 Å². The lowest BCUT2D eigenvalue weighted by Gasteiger charge is -2.15. The largest absolute Gasteiger partial charge is 0.491 e. The Labute approximate surface area is 137 Å². The van der Waals surface area contributed by atoms with Crippen LogP contribution in [0.2, 0.25) is 0 Å². The van der Waals surface area contributed by atoms with Gasteiger partial charge in [-0.2, -0.15) is 0 Å². The molecule has 1 aromatic carbocycles. The van der Waals surface area contributed by atoms with Gasteiger partial charge in [0.25, 0.3) is 0 Å². The molecule has 0 atom stereocenters. The lowest BCUT2D eigenvalue weighted by atomic mass is 9.93. The molecule has 4 heteroatoms. The van der Waals surface area contributed by atoms with Crippen molar-refractivity contribution in [3.63, 3.8) is 0 Å². The highest BCUT2D eigenvalue weighted by atomic mass is 32.1. The van der Waals surface area contributed by atoms with E-state index < -0.39 is 0 Å². The van der Waals surface area contributed by atoms with E-state index in [0.29, 0.717) is 5.92 Å². The number of hydrogen-bond acceptors (Lipinski definition) is 4. The summed E-state index contributed by atoms with van der Waals surface area (Å²) in [5, 5.41) is 6.41. The first-order valence-electron chi connectivity index (χ1n) is 7.81. The molecule has 1 N–H and O–H groups in total. The van der Waals surface area contributed by atoms with Crippen molar-refractivity contribution in [2.45, 2.75) is 46.5 Å². The molecular formula is C18H26N2OS. The number of aromatic nitrogens is 1. The third-order valence-electron chi connectivity index (χ3n) is 3.35. The van der Waals surface area contributed by atoms with E-state index in [1.165, 1.54) is 0 Å². The van der Waals surface area contributed by atoms with Crippen molar-refractivity contribution in [3.05, 3.63) is 35.3 Å². The van der Waals surface area contributed by atoms with Gasteiger partial charge in [-0.1, -0.05) is 46.8 Å². The van der Waals surface area contributed by atoms with Crippen molar-refractivity contribution < 1.29 is 4.74 Å². The van der Waals surface area contributed by atoms with Crippen LogP contribution in [-0.4, -0.2) is 11.6 Å². The molecule has 0 spiro atoms. The zero-order valence-electron chi connectivity index (χ0n) is 14.1. The minimum atomic E-state index is 0.0731. The summed E-state index contributed by atoms with van der Waals surface area (Å²) < 4.78 is 5.91. The Morgan fingerprint density at radius 2 is 1.95 bits per heavy atom. The van der Waals surface area contributed by atoms with Crippen LogP contribution in [0.25, 0.3) is 0 Å². The molecule has 0 amide bonds. The number of thiazole rings is 1. The highest BCUT2D eigenvalue weighted by Crippen LogP contribution is 2.31. The van der Waals surface area contributed by atoms with E-state index in [0.717, 1.165) is 35.3 Å². The van der Waals surface area contributed by atoms with Crippen LogP contribution >= 0.6 is 11.3 Å². The van der Waals surface area contributed by atoms with Crippen molar-refractivity contribution in [1.82, 2.24) is 4.98 Å². The van der Waals surface area contributed by atoms with Crippen LogP contribution in [0, 0.1) is 5.92 Å². The summed E-state index contributed by atoms with van der Waals surface area (Å²) in [4.78, 5) is 4.68. The molecule has 3 nitrogen and oxygen atoms in total. The molecule has 0 saturated carbocycles. The molecule has 0 aliphatic heterocycles. The number of benzene rings is 1. The molecule has 2 rings (SSSR count). The van der Waals surface area contributed by atoms with E-state index in [2.05, 4.69) is 50.3 Å². The summed E-state index contributed by atoms with van der Waals surface area (Å²) >= 11 is 1.63. The van der Waals surface area contributed by atoms with Gasteiger partial charge in [-0.05, 0) is 24.5 Å². The molecule has 0 aliphatic carbocycles. The Morgan fingerprint density at radius 1 is 1.23 bits per heavy atom. The van der Waals surface area contributed by atoms with Gasteiger partial charge in [0.05, 0.1) is 18.0 Å². The second-order valence-corrected chi connectivity index (χ2v) is 7.80. The molecule has 0 saturated heterocycles. The van der Waals surface area contributed by atoms with Gasteiger partial charge in [-0.25, -0.2) is 4.98 Å². The monoisotopic (exact) mass is 318 g/mol. The summed E-state index contributed by atoms with van der Waals surface area (Å²) in [5.41, 5.74) is 2.16. The number of ether oxygens (including phenoxy) is 1. The number of anilines is 2. The second kappa shape index (κ2) is 7.14. The van der Waals surface area contributed by atoms with Crippen molar-refractivity contribution in [2.24, 2.45) is 5.92 Å². The highest BCUT2D eigenvalue weighted by Gasteiger charge is 2.17. The molecule has 1 heterocycles. The Morgan fingerprint density at radius 3 is 2.59 bits per heavy atom. The number of para-hydroxylation sites is 2. The molecule has 0 bridgehead atoms.